The van der Waals surface area contributed by atoms with Gasteiger partial charge in [-0.15, -0.1) is 0 Å². The molecule has 0 aliphatic heterocycles. The van der Waals surface area contributed by atoms with Gasteiger partial charge < -0.3 is 20.3 Å². The first kappa shape index (κ1) is 14.8. The van der Waals surface area contributed by atoms with Crippen molar-refractivity contribution in [2.24, 2.45) is 5.92 Å². The van der Waals surface area contributed by atoms with Gasteiger partial charge in [-0.3, -0.25) is 0 Å². The van der Waals surface area contributed by atoms with E-state index >= 15 is 0 Å². The van der Waals surface area contributed by atoms with Gasteiger partial charge in [0.15, 0.2) is 11.5 Å². The molecule has 0 saturated heterocycles. The van der Waals surface area contributed by atoms with Crippen LogP contribution < -0.4 is 10.1 Å². The van der Waals surface area contributed by atoms with E-state index in [1.807, 2.05) is 32.9 Å². The van der Waals surface area contributed by atoms with Crippen LogP contribution in [0.2, 0.25) is 0 Å². The monoisotopic (exact) mass is 253 g/mol. The Morgan fingerprint density at radius 2 is 2.06 bits per heavy atom. The largest absolute Gasteiger partial charge is 0.504 e. The van der Waals surface area contributed by atoms with E-state index < -0.39 is 0 Å². The molecule has 0 heterocycles. The summed E-state index contributed by atoms with van der Waals surface area (Å²) in [4.78, 5) is 0. The Morgan fingerprint density at radius 3 is 2.61 bits per heavy atom. The number of phenols is 1. The molecule has 0 aliphatic rings. The highest BCUT2D eigenvalue weighted by Gasteiger charge is 2.13. The number of nitrogens with one attached hydrogen (secondary N) is 1. The lowest BCUT2D eigenvalue weighted by Crippen LogP contribution is -2.36. The zero-order valence-electron chi connectivity index (χ0n) is 11.3. The second-order valence-corrected chi connectivity index (χ2v) is 4.61. The van der Waals surface area contributed by atoms with Crippen LogP contribution in [0.25, 0.3) is 0 Å². The van der Waals surface area contributed by atoms with Crippen molar-refractivity contribution in [3.63, 3.8) is 0 Å². The second kappa shape index (κ2) is 7.24. The number of benzene rings is 1. The van der Waals surface area contributed by atoms with Crippen molar-refractivity contribution in [2.75, 3.05) is 13.2 Å². The maximum absolute atomic E-state index is 10.0. The molecule has 0 spiro atoms. The number of para-hydroxylation sites is 1. The van der Waals surface area contributed by atoms with Gasteiger partial charge in [0.2, 0.25) is 0 Å². The summed E-state index contributed by atoms with van der Waals surface area (Å²) in [7, 11) is 0. The summed E-state index contributed by atoms with van der Waals surface area (Å²) in [6.45, 7) is 7.09. The molecule has 0 aliphatic carbocycles. The van der Waals surface area contributed by atoms with Gasteiger partial charge in [0.25, 0.3) is 0 Å². The average Bonchev–Trinajstić information content (AvgIpc) is 2.34. The molecule has 1 aromatic rings. The third kappa shape index (κ3) is 3.89. The molecule has 1 atom stereocenters. The van der Waals surface area contributed by atoms with Crippen LogP contribution in [-0.2, 0) is 6.54 Å². The fourth-order valence-corrected chi connectivity index (χ4v) is 1.73. The van der Waals surface area contributed by atoms with E-state index in [9.17, 15) is 10.2 Å². The molecular formula is C14H23NO3. The fourth-order valence-electron chi connectivity index (χ4n) is 1.73. The standard InChI is InChI=1S/C14H23NO3/c1-4-18-13-7-5-6-11(14(13)17)8-15-12(9-16)10(2)3/h5-7,10,12,15-17H,4,8-9H2,1-3H3. The Morgan fingerprint density at radius 1 is 1.33 bits per heavy atom. The molecule has 1 aromatic carbocycles. The normalized spacial score (nSPS) is 12.7. The van der Waals surface area contributed by atoms with Gasteiger partial charge in [-0.25, -0.2) is 0 Å². The van der Waals surface area contributed by atoms with Crippen molar-refractivity contribution in [2.45, 2.75) is 33.4 Å². The molecule has 4 heteroatoms. The van der Waals surface area contributed by atoms with E-state index in [2.05, 4.69) is 5.32 Å². The Bertz CT molecular complexity index is 366. The lowest BCUT2D eigenvalue weighted by molar-refractivity contribution is 0.209. The van der Waals surface area contributed by atoms with Crippen LogP contribution in [0, 0.1) is 5.92 Å². The third-order valence-electron chi connectivity index (χ3n) is 2.94. The van der Waals surface area contributed by atoms with E-state index in [0.29, 0.717) is 24.8 Å². The number of phenolic OH excluding ortho intramolecular Hbond substituents is 1. The molecule has 1 rings (SSSR count). The number of ether oxygens (including phenoxy) is 1. The maximum Gasteiger partial charge on any atom is 0.162 e. The summed E-state index contributed by atoms with van der Waals surface area (Å²) in [5, 5.41) is 22.5. The molecule has 1 unspecified atom stereocenters. The van der Waals surface area contributed by atoms with E-state index in [0.717, 1.165) is 5.56 Å². The van der Waals surface area contributed by atoms with Crippen molar-refractivity contribution < 1.29 is 14.9 Å². The van der Waals surface area contributed by atoms with Gasteiger partial charge >= 0.3 is 0 Å². The molecule has 0 bridgehead atoms. The Labute approximate surface area is 109 Å². The zero-order chi connectivity index (χ0) is 13.5. The predicted octanol–water partition coefficient (Wildman–Crippen LogP) is 1.90. The lowest BCUT2D eigenvalue weighted by atomic mass is 10.0. The van der Waals surface area contributed by atoms with Crippen molar-refractivity contribution in [3.05, 3.63) is 23.8 Å². The Kier molecular flexibility index (Phi) is 5.95. The van der Waals surface area contributed by atoms with E-state index in [-0.39, 0.29) is 18.4 Å². The minimum Gasteiger partial charge on any atom is -0.504 e. The second-order valence-electron chi connectivity index (χ2n) is 4.61. The number of hydrogen-bond donors (Lipinski definition) is 3. The third-order valence-corrected chi connectivity index (χ3v) is 2.94. The highest BCUT2D eigenvalue weighted by Crippen LogP contribution is 2.29. The van der Waals surface area contributed by atoms with Crippen LogP contribution in [0.5, 0.6) is 11.5 Å². The first-order chi connectivity index (χ1) is 8.60. The first-order valence-corrected chi connectivity index (χ1v) is 6.38. The first-order valence-electron chi connectivity index (χ1n) is 6.38. The van der Waals surface area contributed by atoms with Crippen LogP contribution in [0.1, 0.15) is 26.3 Å². The van der Waals surface area contributed by atoms with E-state index in [1.54, 1.807) is 6.07 Å². The molecule has 102 valence electrons. The molecule has 0 radical (unpaired) electrons. The van der Waals surface area contributed by atoms with E-state index in [1.165, 1.54) is 0 Å². The Balaban J connectivity index is 2.70. The average molecular weight is 253 g/mol. The highest BCUT2D eigenvalue weighted by molar-refractivity contribution is 5.45. The van der Waals surface area contributed by atoms with E-state index in [4.69, 9.17) is 4.74 Å². The van der Waals surface area contributed by atoms with Crippen molar-refractivity contribution in [3.8, 4) is 11.5 Å². The maximum atomic E-state index is 10.0. The van der Waals surface area contributed by atoms with Crippen LogP contribution in [-0.4, -0.2) is 29.5 Å². The number of hydrogen-bond acceptors (Lipinski definition) is 4. The molecule has 0 aromatic heterocycles. The summed E-state index contributed by atoms with van der Waals surface area (Å²) in [5.74, 6) is 1.02. The van der Waals surface area contributed by atoms with Crippen molar-refractivity contribution in [1.82, 2.24) is 5.32 Å². The van der Waals surface area contributed by atoms with Gasteiger partial charge in [-0.1, -0.05) is 26.0 Å². The molecule has 3 N–H and O–H groups in total. The molecule has 4 nitrogen and oxygen atoms in total. The van der Waals surface area contributed by atoms with Crippen molar-refractivity contribution >= 4 is 0 Å². The smallest absolute Gasteiger partial charge is 0.162 e. The minimum absolute atomic E-state index is 0.0279. The van der Waals surface area contributed by atoms with Crippen LogP contribution in [0.15, 0.2) is 18.2 Å². The summed E-state index contributed by atoms with van der Waals surface area (Å²) in [5.41, 5.74) is 0.778. The molecule has 0 fully saturated rings. The van der Waals surface area contributed by atoms with Crippen LogP contribution in [0.4, 0.5) is 0 Å². The number of rotatable bonds is 7. The van der Waals surface area contributed by atoms with Gasteiger partial charge in [-0.2, -0.15) is 0 Å². The van der Waals surface area contributed by atoms with Crippen LogP contribution in [0.3, 0.4) is 0 Å². The fraction of sp³-hybridized carbons (Fsp3) is 0.571. The molecule has 0 amide bonds. The van der Waals surface area contributed by atoms with Gasteiger partial charge in [0, 0.05) is 18.2 Å². The lowest BCUT2D eigenvalue weighted by Gasteiger charge is -2.20. The molecular weight excluding hydrogens is 230 g/mol. The number of aliphatic hydroxyl groups is 1. The minimum atomic E-state index is 0.0279. The Hall–Kier alpha value is -1.26. The highest BCUT2D eigenvalue weighted by atomic mass is 16.5. The SMILES string of the molecule is CCOc1cccc(CNC(CO)C(C)C)c1O. The summed E-state index contributed by atoms with van der Waals surface area (Å²) < 4.78 is 5.33. The van der Waals surface area contributed by atoms with Gasteiger partial charge in [-0.05, 0) is 18.9 Å². The molecule has 18 heavy (non-hydrogen) atoms. The number of aliphatic hydroxyl groups excluding tert-OH is 1. The summed E-state index contributed by atoms with van der Waals surface area (Å²) in [6, 6.07) is 5.47. The van der Waals surface area contributed by atoms with Gasteiger partial charge in [0.1, 0.15) is 0 Å². The van der Waals surface area contributed by atoms with Crippen LogP contribution >= 0.6 is 0 Å². The topological polar surface area (TPSA) is 61.7 Å². The molecule has 0 saturated carbocycles. The zero-order valence-corrected chi connectivity index (χ0v) is 11.3. The summed E-state index contributed by atoms with van der Waals surface area (Å²) >= 11 is 0. The summed E-state index contributed by atoms with van der Waals surface area (Å²) in [6.07, 6.45) is 0. The van der Waals surface area contributed by atoms with Crippen molar-refractivity contribution in [1.29, 1.82) is 0 Å². The predicted molar refractivity (Wildman–Crippen MR) is 71.8 cm³/mol. The van der Waals surface area contributed by atoms with Gasteiger partial charge in [0.05, 0.1) is 13.2 Å². The quantitative estimate of drug-likeness (QED) is 0.694. The number of aromatic hydroxyl groups is 1.